The van der Waals surface area contributed by atoms with Gasteiger partial charge in [0, 0.05) is 23.9 Å². The normalized spacial score (nSPS) is 22.9. The summed E-state index contributed by atoms with van der Waals surface area (Å²) in [6.45, 7) is 2.96. The van der Waals surface area contributed by atoms with Gasteiger partial charge in [-0.05, 0) is 13.3 Å². The van der Waals surface area contributed by atoms with Crippen LogP contribution in [0.5, 0.6) is 0 Å². The first kappa shape index (κ1) is 11.9. The molecule has 19 heavy (non-hydrogen) atoms. The molecule has 0 aliphatic carbocycles. The molecular weight excluding hydrogens is 242 g/mol. The number of carbonyl (C=O) groups is 1. The van der Waals surface area contributed by atoms with Crippen LogP contribution in [0.4, 0.5) is 5.82 Å². The maximum absolute atomic E-state index is 11.3. The highest BCUT2D eigenvalue weighted by Gasteiger charge is 2.41. The molecule has 98 valence electrons. The van der Waals surface area contributed by atoms with Crippen LogP contribution in [0.15, 0.2) is 30.5 Å². The predicted molar refractivity (Wildman–Crippen MR) is 72.1 cm³/mol. The number of benzene rings is 1. The van der Waals surface area contributed by atoms with E-state index in [0.717, 1.165) is 16.6 Å². The molecule has 1 aliphatic rings. The molecule has 1 aromatic carbocycles. The van der Waals surface area contributed by atoms with Gasteiger partial charge in [-0.2, -0.15) is 5.10 Å². The smallest absolute Gasteiger partial charge is 0.311 e. The van der Waals surface area contributed by atoms with Gasteiger partial charge in [0.2, 0.25) is 0 Å². The molecule has 0 saturated carbocycles. The number of carboxylic acid groups (broad SMARTS) is 1. The second kappa shape index (κ2) is 4.19. The summed E-state index contributed by atoms with van der Waals surface area (Å²) in [5.41, 5.74) is -0.696. The number of carboxylic acids is 1. The van der Waals surface area contributed by atoms with Crippen molar-refractivity contribution in [1.82, 2.24) is 10.2 Å². The van der Waals surface area contributed by atoms with E-state index >= 15 is 0 Å². The first-order valence-corrected chi connectivity index (χ1v) is 6.29. The number of aliphatic carboxylic acids is 1. The molecule has 0 radical (unpaired) electrons. The molecule has 1 unspecified atom stereocenters. The molecule has 2 aromatic rings. The van der Waals surface area contributed by atoms with Crippen molar-refractivity contribution in [1.29, 1.82) is 0 Å². The monoisotopic (exact) mass is 257 g/mol. The van der Waals surface area contributed by atoms with E-state index in [2.05, 4.69) is 10.2 Å². The van der Waals surface area contributed by atoms with Crippen molar-refractivity contribution in [3.8, 4) is 0 Å². The lowest BCUT2D eigenvalue weighted by Gasteiger charge is -2.21. The van der Waals surface area contributed by atoms with E-state index in [4.69, 9.17) is 0 Å². The zero-order valence-corrected chi connectivity index (χ0v) is 10.7. The molecule has 1 saturated heterocycles. The van der Waals surface area contributed by atoms with E-state index in [1.807, 2.05) is 29.2 Å². The number of anilines is 1. The fourth-order valence-corrected chi connectivity index (χ4v) is 2.56. The molecule has 1 aliphatic heterocycles. The second-order valence-electron chi connectivity index (χ2n) is 5.29. The minimum Gasteiger partial charge on any atom is -0.481 e. The van der Waals surface area contributed by atoms with Crippen LogP contribution in [-0.2, 0) is 4.79 Å². The van der Waals surface area contributed by atoms with Crippen LogP contribution in [0, 0.1) is 5.41 Å². The Labute approximate surface area is 110 Å². The minimum atomic E-state index is -0.747. The Bertz CT molecular complexity index is 638. The molecule has 5 nitrogen and oxygen atoms in total. The fraction of sp³-hybridized carbons (Fsp3) is 0.357. The molecule has 3 rings (SSSR count). The maximum atomic E-state index is 11.3. The largest absolute Gasteiger partial charge is 0.481 e. The van der Waals surface area contributed by atoms with Crippen molar-refractivity contribution in [2.75, 3.05) is 18.0 Å². The summed E-state index contributed by atoms with van der Waals surface area (Å²) < 4.78 is 0. The van der Waals surface area contributed by atoms with Crippen molar-refractivity contribution in [2.24, 2.45) is 5.41 Å². The van der Waals surface area contributed by atoms with Gasteiger partial charge in [0.05, 0.1) is 11.6 Å². The van der Waals surface area contributed by atoms with Crippen molar-refractivity contribution in [3.05, 3.63) is 30.5 Å². The number of aromatic nitrogens is 2. The van der Waals surface area contributed by atoms with E-state index in [9.17, 15) is 9.90 Å². The van der Waals surface area contributed by atoms with Crippen molar-refractivity contribution < 1.29 is 9.90 Å². The second-order valence-corrected chi connectivity index (χ2v) is 5.29. The number of nitrogens with zero attached hydrogens (tertiary/aromatic N) is 3. The third-order valence-corrected chi connectivity index (χ3v) is 3.84. The lowest BCUT2D eigenvalue weighted by molar-refractivity contribution is -0.146. The highest BCUT2D eigenvalue weighted by molar-refractivity contribution is 5.91. The van der Waals surface area contributed by atoms with Gasteiger partial charge >= 0.3 is 5.97 Å². The van der Waals surface area contributed by atoms with Crippen LogP contribution in [0.3, 0.4) is 0 Å². The summed E-state index contributed by atoms with van der Waals surface area (Å²) in [5, 5.41) is 19.5. The van der Waals surface area contributed by atoms with Gasteiger partial charge in [-0.1, -0.05) is 24.3 Å². The van der Waals surface area contributed by atoms with Gasteiger partial charge in [-0.25, -0.2) is 0 Å². The quantitative estimate of drug-likeness (QED) is 0.890. The third kappa shape index (κ3) is 1.91. The molecule has 1 atom stereocenters. The van der Waals surface area contributed by atoms with Gasteiger partial charge in [-0.15, -0.1) is 5.10 Å². The van der Waals surface area contributed by atoms with Crippen LogP contribution < -0.4 is 4.90 Å². The van der Waals surface area contributed by atoms with Gasteiger partial charge in [0.25, 0.3) is 0 Å². The number of hydrogen-bond donors (Lipinski definition) is 1. The van der Waals surface area contributed by atoms with E-state index in [1.165, 1.54) is 0 Å². The summed E-state index contributed by atoms with van der Waals surface area (Å²) in [6.07, 6.45) is 2.36. The standard InChI is InChI=1S/C14H15N3O2/c1-14(13(18)19)6-7-17(9-14)12-11-5-3-2-4-10(11)8-15-16-12/h2-5,8H,6-7,9H2,1H3,(H,18,19). The average molecular weight is 257 g/mol. The fourth-order valence-electron chi connectivity index (χ4n) is 2.56. The molecular formula is C14H15N3O2. The van der Waals surface area contributed by atoms with Crippen LogP contribution in [0.1, 0.15) is 13.3 Å². The van der Waals surface area contributed by atoms with Crippen LogP contribution in [-0.4, -0.2) is 34.4 Å². The number of hydrogen-bond acceptors (Lipinski definition) is 4. The SMILES string of the molecule is CC1(C(=O)O)CCN(c2nncc3ccccc23)C1. The maximum Gasteiger partial charge on any atom is 0.311 e. The van der Waals surface area contributed by atoms with Gasteiger partial charge < -0.3 is 10.0 Å². The summed E-state index contributed by atoms with van der Waals surface area (Å²) in [6, 6.07) is 7.90. The molecule has 5 heteroatoms. The van der Waals surface area contributed by atoms with Crippen LogP contribution in [0.25, 0.3) is 10.8 Å². The van der Waals surface area contributed by atoms with Gasteiger partial charge in [0.15, 0.2) is 5.82 Å². The van der Waals surface area contributed by atoms with Crippen molar-refractivity contribution in [2.45, 2.75) is 13.3 Å². The summed E-state index contributed by atoms with van der Waals surface area (Å²) >= 11 is 0. The minimum absolute atomic E-state index is 0.477. The Hall–Kier alpha value is -2.17. The Kier molecular flexibility index (Phi) is 2.62. The zero-order valence-electron chi connectivity index (χ0n) is 10.7. The summed E-state index contributed by atoms with van der Waals surface area (Å²) in [4.78, 5) is 13.3. The topological polar surface area (TPSA) is 66.3 Å². The Morgan fingerprint density at radius 2 is 2.21 bits per heavy atom. The van der Waals surface area contributed by atoms with E-state index in [-0.39, 0.29) is 0 Å². The molecule has 2 heterocycles. The predicted octanol–water partition coefficient (Wildman–Crippen LogP) is 1.93. The molecule has 1 fully saturated rings. The van der Waals surface area contributed by atoms with Crippen molar-refractivity contribution >= 4 is 22.6 Å². The molecule has 0 spiro atoms. The summed E-state index contributed by atoms with van der Waals surface area (Å²) in [7, 11) is 0. The Morgan fingerprint density at radius 1 is 1.42 bits per heavy atom. The number of rotatable bonds is 2. The van der Waals surface area contributed by atoms with E-state index in [0.29, 0.717) is 19.5 Å². The molecule has 1 N–H and O–H groups in total. The summed E-state index contributed by atoms with van der Waals surface area (Å²) in [5.74, 6) is 0.0336. The van der Waals surface area contributed by atoms with Crippen LogP contribution in [0.2, 0.25) is 0 Å². The lowest BCUT2D eigenvalue weighted by Crippen LogP contribution is -2.32. The molecule has 0 amide bonds. The van der Waals surface area contributed by atoms with Crippen molar-refractivity contribution in [3.63, 3.8) is 0 Å². The van der Waals surface area contributed by atoms with Gasteiger partial charge in [-0.3, -0.25) is 4.79 Å². The van der Waals surface area contributed by atoms with E-state index in [1.54, 1.807) is 13.1 Å². The highest BCUT2D eigenvalue weighted by Crippen LogP contribution is 2.34. The first-order chi connectivity index (χ1) is 9.10. The highest BCUT2D eigenvalue weighted by atomic mass is 16.4. The Morgan fingerprint density at radius 3 is 2.95 bits per heavy atom. The average Bonchev–Trinajstić information content (AvgIpc) is 2.82. The third-order valence-electron chi connectivity index (χ3n) is 3.84. The van der Waals surface area contributed by atoms with Crippen LogP contribution >= 0.6 is 0 Å². The molecule has 1 aromatic heterocycles. The van der Waals surface area contributed by atoms with Gasteiger partial charge in [0.1, 0.15) is 0 Å². The first-order valence-electron chi connectivity index (χ1n) is 6.29. The lowest BCUT2D eigenvalue weighted by atomic mass is 9.90. The van der Waals surface area contributed by atoms with E-state index < -0.39 is 11.4 Å². The number of fused-ring (bicyclic) bond motifs is 1. The Balaban J connectivity index is 2.01. The molecule has 0 bridgehead atoms. The zero-order chi connectivity index (χ0) is 13.5.